The molecule has 3 aromatic rings. The monoisotopic (exact) mass is 474 g/mol. The van der Waals surface area contributed by atoms with E-state index in [-0.39, 0.29) is 47.8 Å². The number of alkyl halides is 3. The Hall–Kier alpha value is -3.98. The number of benzene rings is 1. The maximum Gasteiger partial charge on any atom is 0.434 e. The number of aromatic nitrogens is 3. The van der Waals surface area contributed by atoms with E-state index in [1.165, 1.54) is 30.2 Å². The van der Waals surface area contributed by atoms with Gasteiger partial charge in [0.25, 0.3) is 5.91 Å². The largest absolute Gasteiger partial charge is 0.481 e. The summed E-state index contributed by atoms with van der Waals surface area (Å²) in [7, 11) is 1.35. The minimum absolute atomic E-state index is 0.0524. The molecule has 0 unspecified atom stereocenters. The summed E-state index contributed by atoms with van der Waals surface area (Å²) in [5.41, 5.74) is 3.25. The number of hydrogen-bond acceptors (Lipinski definition) is 5. The fourth-order valence-electron chi connectivity index (χ4n) is 3.76. The van der Waals surface area contributed by atoms with Crippen LogP contribution in [0.2, 0.25) is 0 Å². The first-order chi connectivity index (χ1) is 16.1. The lowest BCUT2D eigenvalue weighted by Crippen LogP contribution is -2.33. The molecule has 3 heterocycles. The fraction of sp³-hybridized carbons (Fsp3) is 0.273. The van der Waals surface area contributed by atoms with Crippen molar-refractivity contribution in [1.82, 2.24) is 19.4 Å². The predicted octanol–water partition coefficient (Wildman–Crippen LogP) is 3.82. The van der Waals surface area contributed by atoms with Crippen LogP contribution in [0.3, 0.4) is 0 Å². The number of hydrogen-bond donors (Lipinski definition) is 1. The number of amides is 1. The summed E-state index contributed by atoms with van der Waals surface area (Å²) in [5.74, 6) is -2.03. The van der Waals surface area contributed by atoms with Gasteiger partial charge < -0.3 is 15.4 Å². The molecule has 1 fully saturated rings. The van der Waals surface area contributed by atoms with Gasteiger partial charge in [-0.05, 0) is 18.6 Å². The number of halogens is 4. The van der Waals surface area contributed by atoms with Crippen LogP contribution in [0.25, 0.3) is 21.9 Å². The maximum atomic E-state index is 14.4. The van der Waals surface area contributed by atoms with Gasteiger partial charge in [-0.25, -0.2) is 19.2 Å². The summed E-state index contributed by atoms with van der Waals surface area (Å²) in [6.45, 7) is 7.28. The molecule has 1 saturated heterocycles. The lowest BCUT2D eigenvalue weighted by molar-refractivity contribution is -0.142. The van der Waals surface area contributed by atoms with Gasteiger partial charge in [0.05, 0.1) is 25.6 Å². The molecule has 1 aliphatic heterocycles. The van der Waals surface area contributed by atoms with Crippen LogP contribution in [-0.4, -0.2) is 51.6 Å². The van der Waals surface area contributed by atoms with Crippen molar-refractivity contribution in [2.45, 2.75) is 18.6 Å². The summed E-state index contributed by atoms with van der Waals surface area (Å²) >= 11 is 0. The number of rotatable bonds is 4. The molecule has 0 radical (unpaired) electrons. The molecule has 34 heavy (non-hydrogen) atoms. The molecule has 12 heteroatoms. The molecular weight excluding hydrogens is 456 g/mol. The zero-order valence-corrected chi connectivity index (χ0v) is 17.8. The quantitative estimate of drug-likeness (QED) is 0.459. The number of methoxy groups -OCH3 is 1. The standard InChI is InChI=1S/C22H18F4N6O2/c1-28-16-5-3-12(9-15(16)23)20-30-18(21(33)31-8-7-13(27)11-31)19(22(24,25)26)32(20)14-4-6-17(34-2)29-10-14/h3-6,9-10,13H,7-8,11,27H2,2H3/t13-/m1/s1. The van der Waals surface area contributed by atoms with Gasteiger partial charge in [0, 0.05) is 30.8 Å². The van der Waals surface area contributed by atoms with Gasteiger partial charge in [-0.15, -0.1) is 0 Å². The van der Waals surface area contributed by atoms with Gasteiger partial charge in [-0.1, -0.05) is 12.1 Å². The molecule has 1 atom stereocenters. The highest BCUT2D eigenvalue weighted by Crippen LogP contribution is 2.39. The number of pyridine rings is 1. The van der Waals surface area contributed by atoms with Crippen molar-refractivity contribution >= 4 is 11.6 Å². The van der Waals surface area contributed by atoms with Crippen molar-refractivity contribution in [3.05, 3.63) is 65.2 Å². The molecule has 2 aromatic heterocycles. The highest BCUT2D eigenvalue weighted by molar-refractivity contribution is 5.95. The Morgan fingerprint density at radius 2 is 2.06 bits per heavy atom. The average molecular weight is 474 g/mol. The van der Waals surface area contributed by atoms with E-state index in [2.05, 4.69) is 14.8 Å². The van der Waals surface area contributed by atoms with Crippen molar-refractivity contribution in [2.24, 2.45) is 5.73 Å². The second-order valence-electron chi connectivity index (χ2n) is 7.60. The fourth-order valence-corrected chi connectivity index (χ4v) is 3.76. The molecule has 0 spiro atoms. The van der Waals surface area contributed by atoms with E-state index in [1.807, 2.05) is 0 Å². The summed E-state index contributed by atoms with van der Waals surface area (Å²) in [4.78, 5) is 25.3. The molecule has 8 nitrogen and oxygen atoms in total. The lowest BCUT2D eigenvalue weighted by Gasteiger charge is -2.18. The Kier molecular flexibility index (Phi) is 5.97. The van der Waals surface area contributed by atoms with E-state index in [1.54, 1.807) is 0 Å². The highest BCUT2D eigenvalue weighted by Gasteiger charge is 2.44. The van der Waals surface area contributed by atoms with Crippen LogP contribution in [0, 0.1) is 12.4 Å². The molecular formula is C22H18F4N6O2. The molecule has 0 saturated carbocycles. The lowest BCUT2D eigenvalue weighted by atomic mass is 10.2. The molecule has 2 N–H and O–H groups in total. The molecule has 1 aromatic carbocycles. The van der Waals surface area contributed by atoms with Crippen LogP contribution in [0.1, 0.15) is 22.6 Å². The minimum atomic E-state index is -4.99. The number of nitrogens with zero attached hydrogens (tertiary/aromatic N) is 5. The van der Waals surface area contributed by atoms with Gasteiger partial charge in [0.1, 0.15) is 11.6 Å². The third-order valence-electron chi connectivity index (χ3n) is 5.37. The maximum absolute atomic E-state index is 14.4. The van der Waals surface area contributed by atoms with Crippen molar-refractivity contribution in [3.8, 4) is 23.0 Å². The van der Waals surface area contributed by atoms with Crippen molar-refractivity contribution in [2.75, 3.05) is 20.2 Å². The smallest absolute Gasteiger partial charge is 0.434 e. The number of likely N-dealkylation sites (tertiary alicyclic amines) is 1. The van der Waals surface area contributed by atoms with E-state index in [9.17, 15) is 22.4 Å². The van der Waals surface area contributed by atoms with Gasteiger partial charge in [-0.3, -0.25) is 9.36 Å². The van der Waals surface area contributed by atoms with Gasteiger partial charge in [0.15, 0.2) is 11.4 Å². The highest BCUT2D eigenvalue weighted by atomic mass is 19.4. The van der Waals surface area contributed by atoms with Crippen molar-refractivity contribution in [1.29, 1.82) is 0 Å². The zero-order chi connectivity index (χ0) is 24.6. The van der Waals surface area contributed by atoms with Crippen LogP contribution in [-0.2, 0) is 6.18 Å². The molecule has 0 aliphatic carbocycles. The number of carbonyl (C=O) groups is 1. The van der Waals surface area contributed by atoms with E-state index >= 15 is 0 Å². The number of carbonyl (C=O) groups excluding carboxylic acids is 1. The first-order valence-corrected chi connectivity index (χ1v) is 10.1. The number of imidazole rings is 1. The van der Waals surface area contributed by atoms with Gasteiger partial charge in [-0.2, -0.15) is 13.2 Å². The van der Waals surface area contributed by atoms with Crippen molar-refractivity contribution in [3.63, 3.8) is 0 Å². The molecule has 0 bridgehead atoms. The second kappa shape index (κ2) is 8.75. The third kappa shape index (κ3) is 4.17. The van der Waals surface area contributed by atoms with Gasteiger partial charge >= 0.3 is 6.18 Å². The second-order valence-corrected chi connectivity index (χ2v) is 7.60. The molecule has 4 rings (SSSR count). The Morgan fingerprint density at radius 1 is 1.29 bits per heavy atom. The third-order valence-corrected chi connectivity index (χ3v) is 5.37. The first kappa shape index (κ1) is 23.2. The van der Waals surface area contributed by atoms with Crippen LogP contribution < -0.4 is 10.5 Å². The Balaban J connectivity index is 1.99. The molecule has 176 valence electrons. The first-order valence-electron chi connectivity index (χ1n) is 10.1. The molecule has 1 amide bonds. The Morgan fingerprint density at radius 3 is 2.59 bits per heavy atom. The summed E-state index contributed by atoms with van der Waals surface area (Å²) < 4.78 is 63.2. The Bertz CT molecular complexity index is 1280. The number of ether oxygens (including phenoxy) is 1. The topological polar surface area (TPSA) is 90.6 Å². The molecule has 1 aliphatic rings. The van der Waals surface area contributed by atoms with Crippen LogP contribution in [0.5, 0.6) is 5.88 Å². The van der Waals surface area contributed by atoms with E-state index in [0.29, 0.717) is 11.0 Å². The SMILES string of the molecule is [C-]#[N+]c1ccc(-c2nc(C(=O)N3CC[C@@H](N)C3)c(C(F)(F)F)n2-c2ccc(OC)nc2)cc1F. The van der Waals surface area contributed by atoms with E-state index in [0.717, 1.165) is 18.3 Å². The zero-order valence-electron chi connectivity index (χ0n) is 17.8. The van der Waals surface area contributed by atoms with Crippen LogP contribution in [0.15, 0.2) is 36.5 Å². The summed E-state index contributed by atoms with van der Waals surface area (Å²) in [6.07, 6.45) is -3.41. The van der Waals surface area contributed by atoms with Crippen LogP contribution >= 0.6 is 0 Å². The Labute approximate surface area is 191 Å². The van der Waals surface area contributed by atoms with E-state index in [4.69, 9.17) is 17.0 Å². The number of nitrogens with two attached hydrogens (primary N) is 1. The van der Waals surface area contributed by atoms with Gasteiger partial charge in [0.2, 0.25) is 11.6 Å². The summed E-state index contributed by atoms with van der Waals surface area (Å²) in [6, 6.07) is 5.63. The van der Waals surface area contributed by atoms with Crippen molar-refractivity contribution < 1.29 is 27.1 Å². The predicted molar refractivity (Wildman–Crippen MR) is 113 cm³/mol. The normalized spacial score (nSPS) is 15.9. The van der Waals surface area contributed by atoms with Crippen LogP contribution in [0.4, 0.5) is 23.2 Å². The van der Waals surface area contributed by atoms with E-state index < -0.39 is 29.3 Å². The average Bonchev–Trinajstić information content (AvgIpc) is 3.43. The minimum Gasteiger partial charge on any atom is -0.481 e. The summed E-state index contributed by atoms with van der Waals surface area (Å²) in [5, 5.41) is 0.